The molecule has 1 fully saturated rings. The minimum Gasteiger partial charge on any atom is -0.486 e. The number of benzene rings is 2. The Kier molecular flexibility index (Phi) is 8.03. The summed E-state index contributed by atoms with van der Waals surface area (Å²) in [7, 11) is -2.23. The predicted molar refractivity (Wildman–Crippen MR) is 143 cm³/mol. The van der Waals surface area contributed by atoms with Gasteiger partial charge in [-0.25, -0.2) is 8.42 Å². The highest BCUT2D eigenvalue weighted by Gasteiger charge is 2.26. The Hall–Kier alpha value is -3.26. The van der Waals surface area contributed by atoms with Crippen molar-refractivity contribution in [1.82, 2.24) is 8.87 Å². The molecule has 1 saturated heterocycles. The molecule has 2 aromatic carbocycles. The van der Waals surface area contributed by atoms with Crippen molar-refractivity contribution in [2.24, 2.45) is 4.99 Å². The fraction of sp³-hybridized carbons (Fsp3) is 0.423. The minimum atomic E-state index is -3.74. The van der Waals surface area contributed by atoms with Crippen LogP contribution in [0.3, 0.4) is 0 Å². The van der Waals surface area contributed by atoms with E-state index in [0.717, 1.165) is 17.5 Å². The number of sulfonamides is 1. The van der Waals surface area contributed by atoms with Gasteiger partial charge in [0.1, 0.15) is 19.8 Å². The number of ether oxygens (including phenoxy) is 4. The van der Waals surface area contributed by atoms with Crippen molar-refractivity contribution >= 4 is 43.5 Å². The molecule has 0 N–H and O–H groups in total. The molecule has 0 radical (unpaired) electrons. The summed E-state index contributed by atoms with van der Waals surface area (Å²) in [6, 6.07) is 9.21. The van der Waals surface area contributed by atoms with Gasteiger partial charge >= 0.3 is 5.97 Å². The van der Waals surface area contributed by atoms with Crippen LogP contribution in [0.15, 0.2) is 46.3 Å². The Morgan fingerprint density at radius 3 is 2.51 bits per heavy atom. The van der Waals surface area contributed by atoms with E-state index < -0.39 is 21.9 Å². The molecule has 39 heavy (non-hydrogen) atoms. The number of likely N-dealkylation sites (N-methyl/N-ethyl adjacent to an activating group) is 1. The van der Waals surface area contributed by atoms with Crippen LogP contribution >= 0.6 is 11.3 Å². The lowest BCUT2D eigenvalue weighted by Crippen LogP contribution is -2.34. The minimum absolute atomic E-state index is 0.0735. The fourth-order valence-corrected chi connectivity index (χ4v) is 6.69. The van der Waals surface area contributed by atoms with E-state index in [4.69, 9.17) is 18.9 Å². The van der Waals surface area contributed by atoms with E-state index in [9.17, 15) is 18.0 Å². The molecule has 0 aliphatic carbocycles. The van der Waals surface area contributed by atoms with Crippen LogP contribution < -0.4 is 14.3 Å². The molecule has 1 unspecified atom stereocenters. The zero-order chi connectivity index (χ0) is 27.6. The Morgan fingerprint density at radius 1 is 1.13 bits per heavy atom. The van der Waals surface area contributed by atoms with Crippen LogP contribution in [0.25, 0.3) is 10.2 Å². The van der Waals surface area contributed by atoms with E-state index in [1.54, 1.807) is 23.6 Å². The molecule has 1 atom stereocenters. The van der Waals surface area contributed by atoms with Gasteiger partial charge in [0.25, 0.3) is 5.91 Å². The van der Waals surface area contributed by atoms with E-state index >= 15 is 0 Å². The normalized spacial score (nSPS) is 17.6. The highest BCUT2D eigenvalue weighted by atomic mass is 32.2. The average Bonchev–Trinajstić information content (AvgIpc) is 3.55. The number of hydrogen-bond donors (Lipinski definition) is 0. The molecule has 0 spiro atoms. The summed E-state index contributed by atoms with van der Waals surface area (Å²) in [6.07, 6.45) is 1.63. The number of carbonyl (C=O) groups excluding carboxylic acids is 2. The van der Waals surface area contributed by atoms with Gasteiger partial charge in [-0.3, -0.25) is 9.59 Å². The number of aromatic nitrogens is 1. The van der Waals surface area contributed by atoms with E-state index in [0.29, 0.717) is 41.6 Å². The predicted octanol–water partition coefficient (Wildman–Crippen LogP) is 2.58. The molecule has 208 valence electrons. The summed E-state index contributed by atoms with van der Waals surface area (Å²) in [6.45, 7) is 3.54. The molecule has 11 nitrogen and oxygen atoms in total. The lowest BCUT2D eigenvalue weighted by Gasteiger charge is -2.20. The Labute approximate surface area is 229 Å². The second-order valence-corrected chi connectivity index (χ2v) is 12.2. The maximum absolute atomic E-state index is 13.1. The first-order valence-corrected chi connectivity index (χ1v) is 14.9. The standard InChI is InChI=1S/C26H29N3O8S2/c1-3-34-24(30)16-29-20-13-21-22(37-12-11-36-21)14-23(20)38-26(29)27-25(31)17-6-8-19(9-7-17)39(32,33)28(2)15-18-5-4-10-35-18/h6-9,13-14,18H,3-5,10-12,15-16H2,1-2H3. The van der Waals surface area contributed by atoms with E-state index in [2.05, 4.69) is 4.99 Å². The van der Waals surface area contributed by atoms with E-state index in [-0.39, 0.29) is 36.3 Å². The van der Waals surface area contributed by atoms with Crippen molar-refractivity contribution in [3.63, 3.8) is 0 Å². The highest BCUT2D eigenvalue weighted by Crippen LogP contribution is 2.35. The van der Waals surface area contributed by atoms with Crippen molar-refractivity contribution in [2.75, 3.05) is 40.0 Å². The molecule has 0 saturated carbocycles. The number of amides is 1. The molecule has 0 bridgehead atoms. The fourth-order valence-electron chi connectivity index (χ4n) is 4.45. The van der Waals surface area contributed by atoms with Crippen LogP contribution in [0.5, 0.6) is 11.5 Å². The van der Waals surface area contributed by atoms with Gasteiger partial charge in [-0.2, -0.15) is 9.30 Å². The van der Waals surface area contributed by atoms with Crippen LogP contribution in [-0.4, -0.2) is 75.3 Å². The largest absolute Gasteiger partial charge is 0.486 e. The van der Waals surface area contributed by atoms with Crippen LogP contribution in [0.2, 0.25) is 0 Å². The first kappa shape index (κ1) is 27.3. The quantitative estimate of drug-likeness (QED) is 0.375. The van der Waals surface area contributed by atoms with Crippen LogP contribution in [0.4, 0.5) is 0 Å². The Morgan fingerprint density at radius 2 is 1.85 bits per heavy atom. The molecule has 2 aliphatic heterocycles. The molecule has 3 aromatic rings. The summed E-state index contributed by atoms with van der Waals surface area (Å²) in [4.78, 5) is 30.1. The number of carbonyl (C=O) groups is 2. The number of nitrogens with zero attached hydrogens (tertiary/aromatic N) is 3. The lowest BCUT2D eigenvalue weighted by molar-refractivity contribution is -0.143. The molecule has 5 rings (SSSR count). The van der Waals surface area contributed by atoms with Crippen molar-refractivity contribution in [2.45, 2.75) is 37.3 Å². The number of thiazole rings is 1. The molecular formula is C26H29N3O8S2. The second kappa shape index (κ2) is 11.5. The number of fused-ring (bicyclic) bond motifs is 2. The molecule has 1 aromatic heterocycles. The van der Waals surface area contributed by atoms with E-state index in [1.807, 2.05) is 0 Å². The molecule has 3 heterocycles. The van der Waals surface area contributed by atoms with Crippen molar-refractivity contribution in [3.05, 3.63) is 46.8 Å². The number of esters is 1. The molecule has 2 aliphatic rings. The van der Waals surface area contributed by atoms with Gasteiger partial charge in [0.2, 0.25) is 10.0 Å². The first-order chi connectivity index (χ1) is 18.8. The van der Waals surface area contributed by atoms with Gasteiger partial charge < -0.3 is 23.5 Å². The zero-order valence-corrected chi connectivity index (χ0v) is 23.3. The molecule has 13 heteroatoms. The third kappa shape index (κ3) is 5.86. The highest BCUT2D eigenvalue weighted by molar-refractivity contribution is 7.89. The smallest absolute Gasteiger partial charge is 0.326 e. The van der Waals surface area contributed by atoms with Gasteiger partial charge in [0, 0.05) is 37.9 Å². The van der Waals surface area contributed by atoms with Gasteiger partial charge in [0.15, 0.2) is 16.3 Å². The monoisotopic (exact) mass is 575 g/mol. The average molecular weight is 576 g/mol. The maximum atomic E-state index is 13.1. The lowest BCUT2D eigenvalue weighted by atomic mass is 10.2. The summed E-state index contributed by atoms with van der Waals surface area (Å²) in [5.41, 5.74) is 0.862. The summed E-state index contributed by atoms with van der Waals surface area (Å²) >= 11 is 1.22. The zero-order valence-electron chi connectivity index (χ0n) is 21.6. The topological polar surface area (TPSA) is 126 Å². The molecule has 1 amide bonds. The summed E-state index contributed by atoms with van der Waals surface area (Å²) in [5.74, 6) is 0.0801. The Bertz CT molecular complexity index is 1550. The van der Waals surface area contributed by atoms with Crippen LogP contribution in [-0.2, 0) is 30.8 Å². The van der Waals surface area contributed by atoms with E-state index in [1.165, 1.54) is 47.0 Å². The third-order valence-electron chi connectivity index (χ3n) is 6.43. The van der Waals surface area contributed by atoms with Gasteiger partial charge in [0.05, 0.1) is 27.8 Å². The van der Waals surface area contributed by atoms with Gasteiger partial charge in [-0.05, 0) is 44.0 Å². The van der Waals surface area contributed by atoms with Crippen molar-refractivity contribution in [1.29, 1.82) is 0 Å². The summed E-state index contributed by atoms with van der Waals surface area (Å²) in [5, 5.41) is 0. The van der Waals surface area contributed by atoms with Crippen molar-refractivity contribution < 1.29 is 37.0 Å². The number of hydrogen-bond acceptors (Lipinski definition) is 9. The SMILES string of the molecule is CCOC(=O)Cn1c(=NC(=O)c2ccc(S(=O)(=O)N(C)CC3CCCO3)cc2)sc2cc3c(cc21)OCCO3. The maximum Gasteiger partial charge on any atom is 0.326 e. The third-order valence-corrected chi connectivity index (χ3v) is 9.31. The second-order valence-electron chi connectivity index (χ2n) is 9.10. The first-order valence-electron chi connectivity index (χ1n) is 12.6. The Balaban J connectivity index is 1.44. The van der Waals surface area contributed by atoms with Crippen LogP contribution in [0, 0.1) is 0 Å². The number of rotatable bonds is 8. The van der Waals surface area contributed by atoms with Crippen molar-refractivity contribution in [3.8, 4) is 11.5 Å². The van der Waals surface area contributed by atoms with Gasteiger partial charge in [-0.1, -0.05) is 11.3 Å². The molecular weight excluding hydrogens is 546 g/mol. The van der Waals surface area contributed by atoms with Gasteiger partial charge in [-0.15, -0.1) is 0 Å². The summed E-state index contributed by atoms with van der Waals surface area (Å²) < 4.78 is 51.6. The van der Waals surface area contributed by atoms with Crippen LogP contribution in [0.1, 0.15) is 30.1 Å².